The van der Waals surface area contributed by atoms with Crippen molar-refractivity contribution in [2.45, 2.75) is 11.3 Å². The van der Waals surface area contributed by atoms with Gasteiger partial charge < -0.3 is 4.90 Å². The van der Waals surface area contributed by atoms with E-state index in [1.54, 1.807) is 12.1 Å². The maximum absolute atomic E-state index is 12.1. The summed E-state index contributed by atoms with van der Waals surface area (Å²) in [5.74, 6) is -0.365. The van der Waals surface area contributed by atoms with Gasteiger partial charge in [0.2, 0.25) is 9.47 Å². The topological polar surface area (TPSA) is 104 Å². The number of carbonyl (C=O) groups is 1. The quantitative estimate of drug-likeness (QED) is 0.704. The maximum atomic E-state index is 12.1. The van der Waals surface area contributed by atoms with Crippen molar-refractivity contribution in [3.8, 4) is 0 Å². The van der Waals surface area contributed by atoms with Gasteiger partial charge in [0.25, 0.3) is 15.9 Å². The van der Waals surface area contributed by atoms with Crippen LogP contribution in [0.3, 0.4) is 0 Å². The van der Waals surface area contributed by atoms with E-state index < -0.39 is 10.0 Å². The summed E-state index contributed by atoms with van der Waals surface area (Å²) in [5, 5.41) is 10.0. The minimum atomic E-state index is -3.72. The lowest BCUT2D eigenvalue weighted by atomic mass is 10.1. The largest absolute Gasteiger partial charge is 0.308 e. The first-order valence-corrected chi connectivity index (χ1v) is 9.44. The first-order valence-electron chi connectivity index (χ1n) is 7.14. The number of benzene rings is 1. The number of anilines is 1. The second kappa shape index (κ2) is 7.79. The number of hydrogen-bond donors (Lipinski definition) is 2. The molecule has 1 aromatic heterocycles. The number of likely N-dealkylation sites (N-methyl/N-ethyl adjacent to an activating group) is 1. The summed E-state index contributed by atoms with van der Waals surface area (Å²) < 4.78 is 26.4. The smallest absolute Gasteiger partial charge is 0.269 e. The van der Waals surface area contributed by atoms with Crippen molar-refractivity contribution < 1.29 is 13.2 Å². The summed E-state index contributed by atoms with van der Waals surface area (Å²) in [6.07, 6.45) is 0. The molecule has 1 heterocycles. The van der Waals surface area contributed by atoms with Crippen LogP contribution in [0.2, 0.25) is 0 Å². The molecule has 0 aliphatic carbocycles. The summed E-state index contributed by atoms with van der Waals surface area (Å²) in [6.45, 7) is 2.75. The maximum Gasteiger partial charge on any atom is 0.269 e. The molecule has 8 nitrogen and oxygen atoms in total. The first-order chi connectivity index (χ1) is 11.3. The summed E-state index contributed by atoms with van der Waals surface area (Å²) in [4.78, 5) is 13.9. The summed E-state index contributed by atoms with van der Waals surface area (Å²) >= 11 is 0.807. The fraction of sp³-hybridized carbons (Fsp3) is 0.357. The van der Waals surface area contributed by atoms with E-state index in [-0.39, 0.29) is 21.9 Å². The predicted octanol–water partition coefficient (Wildman–Crippen LogP) is 0.939. The zero-order chi connectivity index (χ0) is 17.7. The number of carbonyl (C=O) groups excluding carboxylic acids is 1. The van der Waals surface area contributed by atoms with E-state index in [1.165, 1.54) is 0 Å². The highest BCUT2D eigenvalue weighted by atomic mass is 32.2. The van der Waals surface area contributed by atoms with E-state index in [1.807, 2.05) is 38.1 Å². The van der Waals surface area contributed by atoms with Gasteiger partial charge in [0, 0.05) is 18.7 Å². The Morgan fingerprint density at radius 2 is 1.88 bits per heavy atom. The average Bonchev–Trinajstić information content (AvgIpc) is 2.96. The van der Waals surface area contributed by atoms with Crippen molar-refractivity contribution >= 4 is 32.4 Å². The van der Waals surface area contributed by atoms with E-state index >= 15 is 0 Å². The third kappa shape index (κ3) is 5.06. The van der Waals surface area contributed by atoms with Gasteiger partial charge in [0.1, 0.15) is 0 Å². The molecule has 0 atom stereocenters. The van der Waals surface area contributed by atoms with Gasteiger partial charge in [-0.3, -0.25) is 10.1 Å². The highest BCUT2D eigenvalue weighted by Crippen LogP contribution is 2.20. The molecule has 0 aliphatic heterocycles. The Balaban J connectivity index is 2.02. The van der Waals surface area contributed by atoms with Gasteiger partial charge in [0.05, 0.1) is 0 Å². The zero-order valence-corrected chi connectivity index (χ0v) is 15.2. The SMILES string of the molecule is Cc1ccc(C(=O)Nc2nnc(S(=O)(=O)NCCN(C)C)s2)cc1. The Morgan fingerprint density at radius 3 is 2.50 bits per heavy atom. The molecule has 130 valence electrons. The van der Waals surface area contributed by atoms with Gasteiger partial charge in [-0.05, 0) is 33.2 Å². The van der Waals surface area contributed by atoms with Gasteiger partial charge in [0.15, 0.2) is 0 Å². The number of hydrogen-bond acceptors (Lipinski definition) is 7. The van der Waals surface area contributed by atoms with Crippen LogP contribution < -0.4 is 10.0 Å². The molecule has 1 amide bonds. The third-order valence-electron chi connectivity index (χ3n) is 3.02. The Morgan fingerprint density at radius 1 is 1.21 bits per heavy atom. The summed E-state index contributed by atoms with van der Waals surface area (Å²) in [7, 11) is -0.0338. The first kappa shape index (κ1) is 18.5. The number of aryl methyl sites for hydroxylation is 1. The molecule has 0 fully saturated rings. The second-order valence-electron chi connectivity index (χ2n) is 5.39. The number of aromatic nitrogens is 2. The second-order valence-corrected chi connectivity index (χ2v) is 8.31. The predicted molar refractivity (Wildman–Crippen MR) is 92.8 cm³/mol. The molecule has 1 aromatic carbocycles. The molecule has 10 heteroatoms. The molecule has 0 saturated heterocycles. The van der Waals surface area contributed by atoms with Crippen molar-refractivity contribution in [2.24, 2.45) is 0 Å². The molecular weight excluding hydrogens is 350 g/mol. The van der Waals surface area contributed by atoms with Crippen LogP contribution in [-0.2, 0) is 10.0 Å². The zero-order valence-electron chi connectivity index (χ0n) is 13.6. The summed E-state index contributed by atoms with van der Waals surface area (Å²) in [6, 6.07) is 7.01. The van der Waals surface area contributed by atoms with Crippen LogP contribution in [0.15, 0.2) is 28.6 Å². The molecule has 2 aromatic rings. The molecule has 2 N–H and O–H groups in total. The summed E-state index contributed by atoms with van der Waals surface area (Å²) in [5.41, 5.74) is 1.50. The lowest BCUT2D eigenvalue weighted by molar-refractivity contribution is 0.102. The average molecular weight is 369 g/mol. The number of nitrogens with zero attached hydrogens (tertiary/aromatic N) is 3. The van der Waals surface area contributed by atoms with Crippen molar-refractivity contribution in [1.29, 1.82) is 0 Å². The number of nitrogens with one attached hydrogen (secondary N) is 2. The monoisotopic (exact) mass is 369 g/mol. The van der Waals surface area contributed by atoms with Crippen LogP contribution in [-0.4, -0.2) is 56.6 Å². The Labute approximate surface area is 145 Å². The fourth-order valence-electron chi connectivity index (χ4n) is 1.71. The molecule has 0 aliphatic rings. The van der Waals surface area contributed by atoms with Crippen LogP contribution >= 0.6 is 11.3 Å². The highest BCUT2D eigenvalue weighted by Gasteiger charge is 2.20. The molecule has 0 saturated carbocycles. The van der Waals surface area contributed by atoms with Crippen LogP contribution in [0.4, 0.5) is 5.13 Å². The van der Waals surface area contributed by atoms with Gasteiger partial charge in [-0.15, -0.1) is 10.2 Å². The van der Waals surface area contributed by atoms with Gasteiger partial charge in [-0.2, -0.15) is 0 Å². The molecule has 24 heavy (non-hydrogen) atoms. The lowest BCUT2D eigenvalue weighted by Gasteiger charge is -2.09. The van der Waals surface area contributed by atoms with Gasteiger partial charge >= 0.3 is 0 Å². The Kier molecular flexibility index (Phi) is 5.99. The number of amides is 1. The standard InChI is InChI=1S/C14H19N5O3S2/c1-10-4-6-11(7-5-10)12(20)16-13-17-18-14(23-13)24(21,22)15-8-9-19(2)3/h4-7,15H,8-9H2,1-3H3,(H,16,17,20). The number of rotatable bonds is 7. The van der Waals surface area contributed by atoms with E-state index in [2.05, 4.69) is 20.2 Å². The minimum absolute atomic E-state index is 0.133. The van der Waals surface area contributed by atoms with Gasteiger partial charge in [-0.25, -0.2) is 13.1 Å². The fourth-order valence-corrected chi connectivity index (χ4v) is 3.67. The molecule has 0 unspecified atom stereocenters. The lowest BCUT2D eigenvalue weighted by Crippen LogP contribution is -2.31. The van der Waals surface area contributed by atoms with E-state index in [0.29, 0.717) is 12.1 Å². The van der Waals surface area contributed by atoms with Gasteiger partial charge in [-0.1, -0.05) is 29.0 Å². The third-order valence-corrected chi connectivity index (χ3v) is 5.69. The van der Waals surface area contributed by atoms with Crippen LogP contribution in [0.1, 0.15) is 15.9 Å². The Hall–Kier alpha value is -1.88. The molecule has 0 radical (unpaired) electrons. The Bertz CT molecular complexity index is 800. The molecular formula is C14H19N5O3S2. The van der Waals surface area contributed by atoms with Crippen molar-refractivity contribution in [3.05, 3.63) is 35.4 Å². The van der Waals surface area contributed by atoms with Crippen molar-refractivity contribution in [1.82, 2.24) is 19.8 Å². The van der Waals surface area contributed by atoms with Crippen molar-refractivity contribution in [2.75, 3.05) is 32.5 Å². The van der Waals surface area contributed by atoms with Crippen LogP contribution in [0, 0.1) is 6.92 Å². The van der Waals surface area contributed by atoms with Crippen LogP contribution in [0.25, 0.3) is 0 Å². The van der Waals surface area contributed by atoms with E-state index in [0.717, 1.165) is 16.9 Å². The molecule has 0 bridgehead atoms. The van der Waals surface area contributed by atoms with Crippen LogP contribution in [0.5, 0.6) is 0 Å². The van der Waals surface area contributed by atoms with Crippen molar-refractivity contribution in [3.63, 3.8) is 0 Å². The molecule has 2 rings (SSSR count). The van der Waals surface area contributed by atoms with E-state index in [4.69, 9.17) is 0 Å². The van der Waals surface area contributed by atoms with E-state index in [9.17, 15) is 13.2 Å². The number of sulfonamides is 1. The highest BCUT2D eigenvalue weighted by molar-refractivity contribution is 7.91. The normalized spacial score (nSPS) is 11.7. The molecule has 0 spiro atoms. The minimum Gasteiger partial charge on any atom is -0.308 e.